The predicted octanol–water partition coefficient (Wildman–Crippen LogP) is 21.3. The van der Waals surface area contributed by atoms with Crippen molar-refractivity contribution in [2.75, 3.05) is 0 Å². The van der Waals surface area contributed by atoms with Gasteiger partial charge in [0.2, 0.25) is 0 Å². The van der Waals surface area contributed by atoms with Gasteiger partial charge in [0, 0.05) is 0 Å². The number of hydrogen-bond acceptors (Lipinski definition) is 0. The van der Waals surface area contributed by atoms with Crippen molar-refractivity contribution < 1.29 is 36.5 Å². The molecule has 0 N–H and O–H groups in total. The van der Waals surface area contributed by atoms with E-state index in [-0.39, 0.29) is 32.2 Å². The van der Waals surface area contributed by atoms with Gasteiger partial charge in [-0.05, 0) is 282 Å². The largest absolute Gasteiger partial charge is 0.164 e. The summed E-state index contributed by atoms with van der Waals surface area (Å²) in [4.78, 5) is 0. The second kappa shape index (κ2) is 24.2. The minimum Gasteiger partial charge on any atom is -0.164 e. The van der Waals surface area contributed by atoms with Crippen molar-refractivity contribution in [3.05, 3.63) is 146 Å². The molecule has 0 spiro atoms. The topological polar surface area (TPSA) is 0 Å². The summed E-state index contributed by atoms with van der Waals surface area (Å²) in [5.41, 5.74) is 13.3. The summed E-state index contributed by atoms with van der Waals surface area (Å²) in [5.74, 6) is 16.4. The van der Waals surface area contributed by atoms with E-state index in [1.807, 2.05) is 0 Å². The van der Waals surface area contributed by atoms with E-state index < -0.39 is 12.6 Å². The quantitative estimate of drug-likeness (QED) is 0.105. The molecule has 6 aromatic rings. The third-order valence-corrected chi connectivity index (χ3v) is 25.4. The minimum absolute atomic E-state index is 0. The van der Waals surface area contributed by atoms with Crippen LogP contribution in [-0.4, -0.2) is 13.1 Å². The van der Waals surface area contributed by atoms with Crippen LogP contribution >= 0.6 is 24.8 Å². The molecule has 0 unspecified atom stereocenters. The second-order valence-electron chi connectivity index (χ2n) is 30.4. The Morgan fingerprint density at radius 2 is 0.711 bits per heavy atom. The predicted molar refractivity (Wildman–Crippen MR) is 341 cm³/mol. The molecule has 7 heteroatoms. The molecule has 0 nitrogen and oxygen atoms in total. The van der Waals surface area contributed by atoms with Crippen LogP contribution in [0.1, 0.15) is 170 Å². The SMILES string of the molecule is Cl.Cl.[CH2-]CC(F)(F)F.[CH3-].[Si]=[Zr].c1cc(-c2ccc(C34CC5CC(CC(C5)C3)C4)cc2)c2cc(CC3C4CC5CC(C4)CC3C5)[cH-]c2c1.c1cc(-c2ccc(C34CC5CC(CC(C5)C3)C4)cc2)c2cc(CC3C4CC5CC(C4)CC3C5)[cH-]c2c1. The zero-order chi connectivity index (χ0) is 54.1. The van der Waals surface area contributed by atoms with Gasteiger partial charge in [0.1, 0.15) is 0 Å². The molecule has 0 amide bonds. The van der Waals surface area contributed by atoms with Gasteiger partial charge < -0.3 is 14.4 Å². The normalized spacial score (nSPS) is 37.3. The summed E-state index contributed by atoms with van der Waals surface area (Å²) in [6.45, 7) is 5.69. The van der Waals surface area contributed by atoms with Gasteiger partial charge in [0.05, 0.1) is 0 Å². The summed E-state index contributed by atoms with van der Waals surface area (Å²) in [6.07, 6.45) is 31.0. The van der Waals surface area contributed by atoms with Crippen LogP contribution in [0, 0.1) is 109 Å². The first-order valence-electron chi connectivity index (χ1n) is 32.6. The summed E-state index contributed by atoms with van der Waals surface area (Å²) < 4.78 is 32.2. The van der Waals surface area contributed by atoms with Crippen molar-refractivity contribution in [1.82, 2.24) is 0 Å². The van der Waals surface area contributed by atoms with Crippen LogP contribution in [0.3, 0.4) is 0 Å². The Labute approximate surface area is 526 Å². The molecule has 0 saturated heterocycles. The van der Waals surface area contributed by atoms with Crippen LogP contribution < -0.4 is 0 Å². The molecule has 442 valence electrons. The van der Waals surface area contributed by atoms with Gasteiger partial charge in [-0.25, -0.2) is 0 Å². The van der Waals surface area contributed by atoms with E-state index in [1.54, 1.807) is 86.5 Å². The van der Waals surface area contributed by atoms with Crippen molar-refractivity contribution in [3.63, 3.8) is 0 Å². The molecular weight excluding hydrogens is 1160 g/mol. The van der Waals surface area contributed by atoms with E-state index in [4.69, 9.17) is 0 Å². The molecule has 2 radical (unpaired) electrons. The molecule has 83 heavy (non-hydrogen) atoms. The number of rotatable bonds is 8. The Morgan fingerprint density at radius 3 is 0.988 bits per heavy atom. The first-order chi connectivity index (χ1) is 38.9. The maximum atomic E-state index is 10.7. The van der Waals surface area contributed by atoms with Crippen LogP contribution in [0.4, 0.5) is 13.2 Å². The van der Waals surface area contributed by atoms with Crippen molar-refractivity contribution in [2.24, 2.45) is 94.7 Å². The molecule has 0 atom stereocenters. The van der Waals surface area contributed by atoms with Gasteiger partial charge in [0.15, 0.2) is 0 Å². The molecule has 0 aliphatic heterocycles. The first-order valence-corrected chi connectivity index (χ1v) is 36.8. The average molecular weight is 1250 g/mol. The van der Waals surface area contributed by atoms with Crippen molar-refractivity contribution in [2.45, 2.75) is 178 Å². The molecule has 0 heterocycles. The number of fused-ring (bicyclic) bond motifs is 2. The van der Waals surface area contributed by atoms with E-state index in [0.717, 1.165) is 94.7 Å². The Morgan fingerprint density at radius 1 is 0.434 bits per heavy atom. The van der Waals surface area contributed by atoms with Crippen LogP contribution in [0.5, 0.6) is 0 Å². The summed E-state index contributed by atoms with van der Waals surface area (Å²) in [5, 5.41) is 5.88. The number of benzene rings is 4. The molecule has 22 rings (SSSR count). The first kappa shape index (κ1) is 60.8. The Bertz CT molecular complexity index is 2870. The van der Waals surface area contributed by atoms with Crippen LogP contribution in [0.25, 0.3) is 43.8 Å². The monoisotopic (exact) mass is 1250 g/mol. The Hall–Kier alpha value is -2.43. The number of hydrogen-bond donors (Lipinski definition) is 0. The van der Waals surface area contributed by atoms with Crippen LogP contribution in [-0.2, 0) is 47.0 Å². The molecule has 6 aromatic carbocycles. The molecule has 0 aromatic heterocycles. The van der Waals surface area contributed by atoms with Gasteiger partial charge in [-0.15, -0.1) is 93.9 Å². The van der Waals surface area contributed by atoms with E-state index >= 15 is 0 Å². The summed E-state index contributed by atoms with van der Waals surface area (Å²) >= 11 is 1.36. The standard InChI is InChI=1S/2C36H41.C3H4F3.CH3.2ClH.Si.Zr/c2*1-2-29-12-24(17-34-30-13-22-8-23(15-30)16-31(34)14-22)18-35(29)33(3-1)28-4-6-32(7-5-28)36-19-25-9-26(20-36)11-27(10-25)21-36;1-2-3(4,5)6;;;;;/h2*1-7,12,18,22-23,25-27,30-31,34H,8-11,13-17,19-21H2;1-2H2;1H3;2*1H;;/q4*-1;;;;. The van der Waals surface area contributed by atoms with Crippen LogP contribution in [0.2, 0.25) is 0 Å². The van der Waals surface area contributed by atoms with Gasteiger partial charge in [-0.1, -0.05) is 78.2 Å². The van der Waals surface area contributed by atoms with Crippen molar-refractivity contribution >= 4 is 53.2 Å². The van der Waals surface area contributed by atoms with E-state index in [2.05, 4.69) is 123 Å². The third kappa shape index (κ3) is 11.7. The number of alkyl halides is 3. The van der Waals surface area contributed by atoms with Crippen molar-refractivity contribution in [3.8, 4) is 22.3 Å². The molecule has 16 aliphatic rings. The molecular formula is C76H91Cl2F3SiZr-4. The van der Waals surface area contributed by atoms with Gasteiger partial charge in [-0.3, -0.25) is 0 Å². The Kier molecular flexibility index (Phi) is 17.7. The smallest absolute Gasteiger partial charge is 0.00391 e. The maximum Gasteiger partial charge on any atom is -0.00391 e. The molecule has 16 aliphatic carbocycles. The van der Waals surface area contributed by atoms with E-state index in [0.29, 0.717) is 10.8 Å². The van der Waals surface area contributed by atoms with E-state index in [1.165, 1.54) is 157 Å². The van der Waals surface area contributed by atoms with Gasteiger partial charge >= 0.3 is 36.4 Å². The van der Waals surface area contributed by atoms with Crippen molar-refractivity contribution in [1.29, 1.82) is 0 Å². The fraction of sp³-hybridized carbons (Fsp3) is 0.579. The van der Waals surface area contributed by atoms with Gasteiger partial charge in [-0.2, -0.15) is 25.3 Å². The number of halogens is 5. The zero-order valence-corrected chi connectivity index (χ0v) is 54.6. The maximum absolute atomic E-state index is 10.7. The minimum atomic E-state index is -4.07. The fourth-order valence-corrected chi connectivity index (χ4v) is 23.6. The zero-order valence-electron chi connectivity index (χ0n) is 49.5. The van der Waals surface area contributed by atoms with E-state index in [9.17, 15) is 13.2 Å². The van der Waals surface area contributed by atoms with Crippen LogP contribution in [0.15, 0.2) is 109 Å². The molecule has 16 saturated carbocycles. The Balaban J connectivity index is 0.000000141. The fourth-order valence-electron chi connectivity index (χ4n) is 23.6. The molecule has 16 fully saturated rings. The van der Waals surface area contributed by atoms with Gasteiger partial charge in [0.25, 0.3) is 0 Å². The molecule has 16 bridgehead atoms. The summed E-state index contributed by atoms with van der Waals surface area (Å²) in [6, 6.07) is 44.2. The third-order valence-electron chi connectivity index (χ3n) is 25.4. The second-order valence-corrected chi connectivity index (χ2v) is 30.4. The average Bonchev–Trinajstić information content (AvgIpc) is 2.96. The summed E-state index contributed by atoms with van der Waals surface area (Å²) in [7, 11) is 0.